The monoisotopic (exact) mass is 467 g/mol. The van der Waals surface area contributed by atoms with E-state index in [2.05, 4.69) is 10.2 Å². The first-order valence-electron chi connectivity index (χ1n) is 12.7. The summed E-state index contributed by atoms with van der Waals surface area (Å²) in [6.07, 6.45) is 4.73. The maximum atomic E-state index is 14.4. The lowest BCUT2D eigenvalue weighted by atomic mass is 9.77. The second-order valence-corrected chi connectivity index (χ2v) is 10.9. The van der Waals surface area contributed by atoms with Crippen LogP contribution in [0.15, 0.2) is 0 Å². The Kier molecular flexibility index (Phi) is 7.56. The highest BCUT2D eigenvalue weighted by Gasteiger charge is 2.48. The summed E-state index contributed by atoms with van der Waals surface area (Å²) in [5, 5.41) is 10.8. The van der Waals surface area contributed by atoms with Crippen LogP contribution >= 0.6 is 0 Å². The zero-order chi connectivity index (χ0) is 23.7. The van der Waals surface area contributed by atoms with E-state index >= 15 is 0 Å². The van der Waals surface area contributed by atoms with Crippen molar-refractivity contribution in [2.75, 3.05) is 6.54 Å². The van der Waals surface area contributed by atoms with E-state index in [9.17, 15) is 18.4 Å². The molecule has 6 N–H and O–H groups in total. The number of nitrogens with two attached hydrogens (primary N) is 2. The van der Waals surface area contributed by atoms with Gasteiger partial charge in [0.15, 0.2) is 0 Å². The number of hydrogen-bond acceptors (Lipinski definition) is 4. The number of carbonyl (C=O) groups is 2. The van der Waals surface area contributed by atoms with Gasteiger partial charge in [-0.3, -0.25) is 19.9 Å². The predicted octanol–water partition coefficient (Wildman–Crippen LogP) is 2.42. The fourth-order valence-electron chi connectivity index (χ4n) is 6.78. The molecule has 33 heavy (non-hydrogen) atoms. The molecule has 7 nitrogen and oxygen atoms in total. The molecule has 186 valence electrons. The van der Waals surface area contributed by atoms with E-state index in [0.29, 0.717) is 18.3 Å². The standard InChI is InChI=1S/C24H39F2N5O2/c25-17-7-8-18(26)19(11-17)30-24(33)21-9-15-5-6-16(22(27)28)10-20(15)31(21)12-13-1-3-14(4-2-13)23(29)32/h13-21H,1-12H2,(H3,27,28)(H2,29,32)(H,30,33). The van der Waals surface area contributed by atoms with Gasteiger partial charge >= 0.3 is 0 Å². The SMILES string of the molecule is N=C(N)C1CCC2CC(C(=O)NC3CC(F)CCC3F)N(CC3CCC(C(N)=O)CC3)C2C1. The van der Waals surface area contributed by atoms with Crippen LogP contribution in [0, 0.1) is 29.1 Å². The maximum absolute atomic E-state index is 14.4. The fourth-order valence-corrected chi connectivity index (χ4v) is 6.78. The average Bonchev–Trinajstić information content (AvgIpc) is 3.14. The Hall–Kier alpha value is -1.77. The van der Waals surface area contributed by atoms with Crippen molar-refractivity contribution in [3.63, 3.8) is 0 Å². The third-order valence-corrected chi connectivity index (χ3v) is 8.80. The molecular formula is C24H39F2N5O2. The van der Waals surface area contributed by atoms with Crippen LogP contribution in [0.4, 0.5) is 8.78 Å². The number of halogens is 2. The summed E-state index contributed by atoms with van der Waals surface area (Å²) in [5.41, 5.74) is 11.3. The molecule has 9 heteroatoms. The largest absolute Gasteiger partial charge is 0.387 e. The van der Waals surface area contributed by atoms with E-state index in [4.69, 9.17) is 16.9 Å². The van der Waals surface area contributed by atoms with Gasteiger partial charge in [-0.15, -0.1) is 0 Å². The topological polar surface area (TPSA) is 125 Å². The number of likely N-dealkylation sites (tertiary alicyclic amines) is 1. The summed E-state index contributed by atoms with van der Waals surface area (Å²) in [4.78, 5) is 27.2. The van der Waals surface area contributed by atoms with Gasteiger partial charge in [-0.2, -0.15) is 0 Å². The zero-order valence-corrected chi connectivity index (χ0v) is 19.4. The van der Waals surface area contributed by atoms with Crippen molar-refractivity contribution in [3.05, 3.63) is 0 Å². The van der Waals surface area contributed by atoms with Gasteiger partial charge in [-0.25, -0.2) is 8.78 Å². The van der Waals surface area contributed by atoms with E-state index < -0.39 is 18.4 Å². The molecule has 0 aromatic rings. The molecule has 2 amide bonds. The smallest absolute Gasteiger partial charge is 0.237 e. The molecule has 7 unspecified atom stereocenters. The number of primary amides is 1. The van der Waals surface area contributed by atoms with Crippen LogP contribution in [0.2, 0.25) is 0 Å². The minimum absolute atomic E-state index is 0.0296. The first-order chi connectivity index (χ1) is 15.7. The molecule has 0 aromatic carbocycles. The molecule has 3 saturated carbocycles. The third kappa shape index (κ3) is 5.49. The summed E-state index contributed by atoms with van der Waals surface area (Å²) in [7, 11) is 0. The molecule has 1 aliphatic heterocycles. The number of amidine groups is 1. The first kappa shape index (κ1) is 24.4. The maximum Gasteiger partial charge on any atom is 0.237 e. The van der Waals surface area contributed by atoms with Gasteiger partial charge in [-0.1, -0.05) is 0 Å². The van der Waals surface area contributed by atoms with Crippen LogP contribution in [0.1, 0.15) is 70.6 Å². The number of nitrogens with zero attached hydrogens (tertiary/aromatic N) is 1. The average molecular weight is 468 g/mol. The molecule has 0 aromatic heterocycles. The first-order valence-corrected chi connectivity index (χ1v) is 12.7. The Balaban J connectivity index is 1.46. The number of alkyl halides is 2. The van der Waals surface area contributed by atoms with E-state index in [-0.39, 0.29) is 60.8 Å². The molecular weight excluding hydrogens is 428 g/mol. The van der Waals surface area contributed by atoms with Crippen molar-refractivity contribution in [1.29, 1.82) is 5.41 Å². The highest BCUT2D eigenvalue weighted by Crippen LogP contribution is 2.43. The minimum Gasteiger partial charge on any atom is -0.387 e. The second-order valence-electron chi connectivity index (χ2n) is 10.9. The third-order valence-electron chi connectivity index (χ3n) is 8.80. The van der Waals surface area contributed by atoms with Crippen LogP contribution in [0.25, 0.3) is 0 Å². The van der Waals surface area contributed by atoms with Crippen LogP contribution < -0.4 is 16.8 Å². The molecule has 7 atom stereocenters. The van der Waals surface area contributed by atoms with Crippen LogP contribution in [0.3, 0.4) is 0 Å². The van der Waals surface area contributed by atoms with Gasteiger partial charge in [-0.05, 0) is 76.0 Å². The van der Waals surface area contributed by atoms with E-state index in [0.717, 1.165) is 51.5 Å². The van der Waals surface area contributed by atoms with Gasteiger partial charge in [0.25, 0.3) is 0 Å². The summed E-state index contributed by atoms with van der Waals surface area (Å²) in [6, 6.07) is -0.966. The molecule has 1 heterocycles. The summed E-state index contributed by atoms with van der Waals surface area (Å²) >= 11 is 0. The van der Waals surface area contributed by atoms with Gasteiger partial charge in [0.05, 0.1) is 17.9 Å². The van der Waals surface area contributed by atoms with Gasteiger partial charge < -0.3 is 16.8 Å². The van der Waals surface area contributed by atoms with Crippen molar-refractivity contribution >= 4 is 17.6 Å². The summed E-state index contributed by atoms with van der Waals surface area (Å²) in [5.74, 6) is 0.455. The summed E-state index contributed by atoms with van der Waals surface area (Å²) in [6.45, 7) is 0.741. The van der Waals surface area contributed by atoms with Crippen molar-refractivity contribution in [3.8, 4) is 0 Å². The zero-order valence-electron chi connectivity index (χ0n) is 19.4. The Morgan fingerprint density at radius 1 is 0.909 bits per heavy atom. The predicted molar refractivity (Wildman–Crippen MR) is 122 cm³/mol. The van der Waals surface area contributed by atoms with Crippen molar-refractivity contribution < 1.29 is 18.4 Å². The number of amides is 2. The van der Waals surface area contributed by atoms with Crippen LogP contribution in [0.5, 0.6) is 0 Å². The highest BCUT2D eigenvalue weighted by atomic mass is 19.1. The van der Waals surface area contributed by atoms with Gasteiger partial charge in [0.1, 0.15) is 12.3 Å². The molecule has 0 bridgehead atoms. The fraction of sp³-hybridized carbons (Fsp3) is 0.875. The Morgan fingerprint density at radius 2 is 1.61 bits per heavy atom. The number of hydrogen-bond donors (Lipinski definition) is 4. The lowest BCUT2D eigenvalue weighted by Gasteiger charge is -2.40. The molecule has 4 aliphatic rings. The Labute approximate surface area is 194 Å². The Bertz CT molecular complexity index is 744. The van der Waals surface area contributed by atoms with E-state index in [1.54, 1.807) is 0 Å². The van der Waals surface area contributed by atoms with Gasteiger partial charge in [0.2, 0.25) is 11.8 Å². The minimum atomic E-state index is -1.20. The van der Waals surface area contributed by atoms with Crippen molar-refractivity contribution in [1.82, 2.24) is 10.2 Å². The second kappa shape index (κ2) is 10.2. The molecule has 1 saturated heterocycles. The van der Waals surface area contributed by atoms with Crippen LogP contribution in [-0.2, 0) is 9.59 Å². The Morgan fingerprint density at radius 3 is 2.27 bits per heavy atom. The van der Waals surface area contributed by atoms with Crippen molar-refractivity contribution in [2.45, 2.75) is 101 Å². The lowest BCUT2D eigenvalue weighted by Crippen LogP contribution is -2.54. The normalized spacial score (nSPS) is 41.8. The van der Waals surface area contributed by atoms with Crippen LogP contribution in [-0.4, -0.2) is 59.6 Å². The molecule has 4 fully saturated rings. The van der Waals surface area contributed by atoms with E-state index in [1.807, 2.05) is 0 Å². The molecule has 0 spiro atoms. The number of carbonyl (C=O) groups excluding carboxylic acids is 2. The number of fused-ring (bicyclic) bond motifs is 1. The molecule has 4 rings (SSSR count). The lowest BCUT2D eigenvalue weighted by molar-refractivity contribution is -0.128. The molecule has 0 radical (unpaired) electrons. The van der Waals surface area contributed by atoms with Crippen molar-refractivity contribution in [2.24, 2.45) is 35.1 Å². The number of nitrogens with one attached hydrogen (secondary N) is 2. The van der Waals surface area contributed by atoms with Gasteiger partial charge in [0, 0.05) is 30.8 Å². The highest BCUT2D eigenvalue weighted by molar-refractivity contribution is 5.83. The molecule has 3 aliphatic carbocycles. The quantitative estimate of drug-likeness (QED) is 0.354. The summed E-state index contributed by atoms with van der Waals surface area (Å²) < 4.78 is 28.3. The van der Waals surface area contributed by atoms with E-state index in [1.165, 1.54) is 0 Å². The number of rotatable bonds is 6.